The fourth-order valence-corrected chi connectivity index (χ4v) is 0. The fraction of sp³-hybridized carbons (Fsp3) is 1.00. The van der Waals surface area contributed by atoms with Crippen molar-refractivity contribution in [3.63, 3.8) is 0 Å². The monoisotopic (exact) mass is 109 g/mol. The topological polar surface area (TPSA) is 52.3 Å². The van der Waals surface area contributed by atoms with Gasteiger partial charge in [0.2, 0.25) is 7.37 Å². The van der Waals surface area contributed by atoms with Crippen LogP contribution in [0.25, 0.3) is 0 Å². The molecule has 0 rings (SSSR count). The summed E-state index contributed by atoms with van der Waals surface area (Å²) in [6.07, 6.45) is 0. The van der Waals surface area contributed by atoms with E-state index in [1.807, 2.05) is 0 Å². The van der Waals surface area contributed by atoms with Gasteiger partial charge >= 0.3 is 0 Å². The highest BCUT2D eigenvalue weighted by atomic mass is 31.2. The van der Waals surface area contributed by atoms with Crippen LogP contribution in [-0.4, -0.2) is 13.3 Å². The van der Waals surface area contributed by atoms with Gasteiger partial charge in [-0.1, -0.05) is 0 Å². The minimum Gasteiger partial charge on any atom is -0.292 e. The smallest absolute Gasteiger partial charge is 0.214 e. The minimum atomic E-state index is -2.37. The molecule has 0 unspecified atom stereocenters. The maximum atomic E-state index is 10.2. The van der Waals surface area contributed by atoms with E-state index in [-0.39, 0.29) is 0 Å². The second kappa shape index (κ2) is 1.73. The van der Waals surface area contributed by atoms with Crippen LogP contribution in [0, 0.1) is 0 Å². The largest absolute Gasteiger partial charge is 0.292 e. The van der Waals surface area contributed by atoms with E-state index in [0.29, 0.717) is 0 Å². The number of nitrogens with two attached hydrogens (primary N) is 1. The molecule has 38 valence electrons. The molecule has 6 heavy (non-hydrogen) atoms. The van der Waals surface area contributed by atoms with Gasteiger partial charge in [0.25, 0.3) is 0 Å². The standard InChI is InChI=1S/C2H8NO2P/c1-6(2,4)5-3/h3H2,1-2H3. The van der Waals surface area contributed by atoms with Gasteiger partial charge in [0, 0.05) is 13.3 Å². The third-order valence-corrected chi connectivity index (χ3v) is 0.762. The SMILES string of the molecule is CP(C)(=O)ON. The Morgan fingerprint density at radius 1 is 1.67 bits per heavy atom. The molecule has 0 heterocycles. The first-order chi connectivity index (χ1) is 2.56. The normalized spacial score (nSPS) is 11.8. The van der Waals surface area contributed by atoms with Crippen LogP contribution in [0.2, 0.25) is 0 Å². The molecule has 0 aromatic heterocycles. The number of hydrogen-bond acceptors (Lipinski definition) is 3. The molecule has 0 aliphatic heterocycles. The Bertz CT molecular complexity index is 75.6. The van der Waals surface area contributed by atoms with Gasteiger partial charge in [0.1, 0.15) is 0 Å². The van der Waals surface area contributed by atoms with Crippen LogP contribution >= 0.6 is 7.37 Å². The Labute approximate surface area is 36.9 Å². The lowest BCUT2D eigenvalue weighted by Gasteiger charge is -1.96. The lowest BCUT2D eigenvalue weighted by molar-refractivity contribution is 0.336. The lowest BCUT2D eigenvalue weighted by atomic mass is 11.9. The van der Waals surface area contributed by atoms with E-state index in [2.05, 4.69) is 10.5 Å². The zero-order valence-electron chi connectivity index (χ0n) is 3.84. The Morgan fingerprint density at radius 3 is 1.83 bits per heavy atom. The Balaban J connectivity index is 3.48. The Morgan fingerprint density at radius 2 is 1.83 bits per heavy atom. The molecule has 0 amide bonds. The molecule has 4 heteroatoms. The van der Waals surface area contributed by atoms with Gasteiger partial charge < -0.3 is 0 Å². The average Bonchev–Trinajstić information content (AvgIpc) is 1.35. The van der Waals surface area contributed by atoms with Crippen molar-refractivity contribution >= 4 is 7.37 Å². The first-order valence-electron chi connectivity index (χ1n) is 1.50. The molecule has 0 aromatic rings. The zero-order chi connectivity index (χ0) is 5.21. The van der Waals surface area contributed by atoms with E-state index in [1.54, 1.807) is 0 Å². The van der Waals surface area contributed by atoms with Crippen molar-refractivity contribution in [1.82, 2.24) is 0 Å². The quantitative estimate of drug-likeness (QED) is 0.392. The number of rotatable bonds is 1. The third-order valence-electron chi connectivity index (χ3n) is 0.254. The van der Waals surface area contributed by atoms with Crippen molar-refractivity contribution < 1.29 is 9.19 Å². The van der Waals surface area contributed by atoms with Gasteiger partial charge in [0.05, 0.1) is 0 Å². The second-order valence-electron chi connectivity index (χ2n) is 1.36. The summed E-state index contributed by atoms with van der Waals surface area (Å²) in [5, 5.41) is 0. The summed E-state index contributed by atoms with van der Waals surface area (Å²) in [7, 11) is -2.37. The molecule has 0 aromatic carbocycles. The molecule has 0 bridgehead atoms. The van der Waals surface area contributed by atoms with E-state index in [4.69, 9.17) is 0 Å². The van der Waals surface area contributed by atoms with E-state index in [9.17, 15) is 4.57 Å². The van der Waals surface area contributed by atoms with Crippen LogP contribution in [-0.2, 0) is 9.19 Å². The highest BCUT2D eigenvalue weighted by Crippen LogP contribution is 2.33. The summed E-state index contributed by atoms with van der Waals surface area (Å²) in [5.74, 6) is 4.54. The summed E-state index contributed by atoms with van der Waals surface area (Å²) in [6, 6.07) is 0. The fourth-order valence-electron chi connectivity index (χ4n) is 0. The highest BCUT2D eigenvalue weighted by molar-refractivity contribution is 7.57. The van der Waals surface area contributed by atoms with Crippen molar-refractivity contribution in [2.75, 3.05) is 13.3 Å². The summed E-state index contributed by atoms with van der Waals surface area (Å²) >= 11 is 0. The minimum absolute atomic E-state index is 1.45. The Kier molecular flexibility index (Phi) is 1.78. The van der Waals surface area contributed by atoms with Gasteiger partial charge in [-0.05, 0) is 0 Å². The Hall–Kier alpha value is 0.150. The van der Waals surface area contributed by atoms with Crippen LogP contribution < -0.4 is 5.90 Å². The molecule has 2 N–H and O–H groups in total. The van der Waals surface area contributed by atoms with Gasteiger partial charge in [-0.2, -0.15) is 0 Å². The van der Waals surface area contributed by atoms with Crippen LogP contribution in [0.3, 0.4) is 0 Å². The van der Waals surface area contributed by atoms with Crippen molar-refractivity contribution in [1.29, 1.82) is 0 Å². The van der Waals surface area contributed by atoms with Crippen LogP contribution in [0.5, 0.6) is 0 Å². The molecular formula is C2H8NO2P. The van der Waals surface area contributed by atoms with Crippen LogP contribution in [0.4, 0.5) is 0 Å². The lowest BCUT2D eigenvalue weighted by Crippen LogP contribution is -1.92. The predicted molar refractivity (Wildman–Crippen MR) is 24.7 cm³/mol. The summed E-state index contributed by atoms with van der Waals surface area (Å²) in [4.78, 5) is 0. The molecule has 0 saturated carbocycles. The molecule has 0 spiro atoms. The molecule has 3 nitrogen and oxygen atoms in total. The molecule has 0 aliphatic carbocycles. The van der Waals surface area contributed by atoms with Gasteiger partial charge in [-0.3, -0.25) is 4.57 Å². The first-order valence-corrected chi connectivity index (χ1v) is 4.01. The number of hydrogen-bond donors (Lipinski definition) is 1. The van der Waals surface area contributed by atoms with E-state index in [1.165, 1.54) is 13.3 Å². The molecule has 0 atom stereocenters. The molecule has 0 saturated heterocycles. The summed E-state index contributed by atoms with van der Waals surface area (Å²) in [5.41, 5.74) is 0. The first kappa shape index (κ1) is 6.15. The zero-order valence-corrected chi connectivity index (χ0v) is 4.74. The van der Waals surface area contributed by atoms with E-state index >= 15 is 0 Å². The summed E-state index contributed by atoms with van der Waals surface area (Å²) in [6.45, 7) is 2.90. The second-order valence-corrected chi connectivity index (χ2v) is 4.07. The van der Waals surface area contributed by atoms with Crippen molar-refractivity contribution in [3.05, 3.63) is 0 Å². The average molecular weight is 109 g/mol. The van der Waals surface area contributed by atoms with Crippen molar-refractivity contribution in [3.8, 4) is 0 Å². The van der Waals surface area contributed by atoms with Gasteiger partial charge in [-0.15, -0.1) is 0 Å². The van der Waals surface area contributed by atoms with E-state index in [0.717, 1.165) is 0 Å². The maximum Gasteiger partial charge on any atom is 0.214 e. The van der Waals surface area contributed by atoms with Crippen LogP contribution in [0.15, 0.2) is 0 Å². The maximum absolute atomic E-state index is 10.2. The predicted octanol–water partition coefficient (Wildman–Crippen LogP) is 0.414. The molecular weight excluding hydrogens is 101 g/mol. The van der Waals surface area contributed by atoms with Crippen molar-refractivity contribution in [2.24, 2.45) is 5.90 Å². The summed E-state index contributed by atoms with van der Waals surface area (Å²) < 4.78 is 14.2. The van der Waals surface area contributed by atoms with Crippen LogP contribution in [0.1, 0.15) is 0 Å². The van der Waals surface area contributed by atoms with E-state index < -0.39 is 7.37 Å². The van der Waals surface area contributed by atoms with Crippen molar-refractivity contribution in [2.45, 2.75) is 0 Å². The third kappa shape index (κ3) is 4.15. The molecule has 0 aliphatic rings. The highest BCUT2D eigenvalue weighted by Gasteiger charge is 2.00. The molecule has 0 fully saturated rings. The van der Waals surface area contributed by atoms with Gasteiger partial charge in [-0.25, -0.2) is 10.5 Å². The molecule has 0 radical (unpaired) electrons. The van der Waals surface area contributed by atoms with Gasteiger partial charge in [0.15, 0.2) is 0 Å².